The zero-order valence-corrected chi connectivity index (χ0v) is 15.0. The molecule has 1 fully saturated rings. The van der Waals surface area contributed by atoms with Gasteiger partial charge in [-0.25, -0.2) is 4.39 Å². The Balaban J connectivity index is 2.10. The monoisotopic (exact) mass is 363 g/mol. The van der Waals surface area contributed by atoms with E-state index in [0.29, 0.717) is 5.56 Å². The van der Waals surface area contributed by atoms with Crippen molar-refractivity contribution in [2.45, 2.75) is 57.5 Å². The van der Waals surface area contributed by atoms with E-state index in [0.717, 1.165) is 32.1 Å². The van der Waals surface area contributed by atoms with Crippen LogP contribution in [0, 0.1) is 11.7 Å². The maximum Gasteiger partial charge on any atom is 0.243 e. The van der Waals surface area contributed by atoms with Gasteiger partial charge in [-0.1, -0.05) is 31.4 Å². The summed E-state index contributed by atoms with van der Waals surface area (Å²) in [6, 6.07) is 4.18. The van der Waals surface area contributed by atoms with Crippen LogP contribution in [0.1, 0.15) is 44.6 Å². The Morgan fingerprint density at radius 2 is 1.88 bits per heavy atom. The Labute approximate surface area is 152 Å². The topological polar surface area (TPSA) is 101 Å². The van der Waals surface area contributed by atoms with Gasteiger partial charge < -0.3 is 16.4 Å². The first-order valence-corrected chi connectivity index (χ1v) is 8.98. The number of nitrogens with one attached hydrogen (secondary N) is 2. The molecule has 1 saturated carbocycles. The average Bonchev–Trinajstić information content (AvgIpc) is 2.59. The number of rotatable bonds is 7. The molecule has 2 atom stereocenters. The summed E-state index contributed by atoms with van der Waals surface area (Å²) < 4.78 is 13.4. The summed E-state index contributed by atoms with van der Waals surface area (Å²) >= 11 is 0. The summed E-state index contributed by atoms with van der Waals surface area (Å²) in [6.45, 7) is 1.30. The first kappa shape index (κ1) is 19.9. The average molecular weight is 363 g/mol. The minimum absolute atomic E-state index is 0.0114. The minimum Gasteiger partial charge on any atom is -0.368 e. The third-order valence-electron chi connectivity index (χ3n) is 4.75. The van der Waals surface area contributed by atoms with E-state index >= 15 is 0 Å². The summed E-state index contributed by atoms with van der Waals surface area (Å²) in [5.41, 5.74) is 6.08. The lowest BCUT2D eigenvalue weighted by atomic mass is 9.83. The predicted molar refractivity (Wildman–Crippen MR) is 95.4 cm³/mol. The first-order chi connectivity index (χ1) is 12.4. The third-order valence-corrected chi connectivity index (χ3v) is 4.75. The van der Waals surface area contributed by atoms with E-state index in [9.17, 15) is 18.8 Å². The van der Waals surface area contributed by atoms with Crippen LogP contribution in [0.4, 0.5) is 4.39 Å². The fourth-order valence-electron chi connectivity index (χ4n) is 3.50. The van der Waals surface area contributed by atoms with Crippen molar-refractivity contribution in [1.82, 2.24) is 10.6 Å². The highest BCUT2D eigenvalue weighted by molar-refractivity contribution is 5.91. The summed E-state index contributed by atoms with van der Waals surface area (Å²) in [6.07, 6.45) is 4.92. The number of primary amides is 1. The summed E-state index contributed by atoms with van der Waals surface area (Å²) in [7, 11) is 0. The van der Waals surface area contributed by atoms with Crippen LogP contribution >= 0.6 is 0 Å². The lowest BCUT2D eigenvalue weighted by molar-refractivity contribution is -0.131. The van der Waals surface area contributed by atoms with Crippen molar-refractivity contribution < 1.29 is 18.8 Å². The largest absolute Gasteiger partial charge is 0.368 e. The van der Waals surface area contributed by atoms with E-state index in [4.69, 9.17) is 5.73 Å². The number of nitrogens with two attached hydrogens (primary N) is 1. The second-order valence-corrected chi connectivity index (χ2v) is 6.87. The molecule has 0 bridgehead atoms. The fourth-order valence-corrected chi connectivity index (χ4v) is 3.50. The molecule has 0 aromatic heterocycles. The Morgan fingerprint density at radius 3 is 2.46 bits per heavy atom. The second-order valence-electron chi connectivity index (χ2n) is 6.87. The van der Waals surface area contributed by atoms with Gasteiger partial charge in [0.25, 0.3) is 0 Å². The van der Waals surface area contributed by atoms with Gasteiger partial charge in [0.2, 0.25) is 17.7 Å². The van der Waals surface area contributed by atoms with Crippen molar-refractivity contribution in [2.75, 3.05) is 0 Å². The molecule has 7 heteroatoms. The van der Waals surface area contributed by atoms with Crippen LogP contribution in [-0.2, 0) is 20.8 Å². The second kappa shape index (κ2) is 9.31. The van der Waals surface area contributed by atoms with Crippen molar-refractivity contribution in [1.29, 1.82) is 0 Å². The number of benzene rings is 1. The van der Waals surface area contributed by atoms with Crippen molar-refractivity contribution in [3.8, 4) is 0 Å². The molecule has 0 spiro atoms. The summed E-state index contributed by atoms with van der Waals surface area (Å²) in [4.78, 5) is 36.0. The Morgan fingerprint density at radius 1 is 1.19 bits per heavy atom. The molecule has 2 rings (SSSR count). The molecule has 0 unspecified atom stereocenters. The molecule has 0 radical (unpaired) electrons. The molecule has 1 aromatic carbocycles. The third kappa shape index (κ3) is 5.82. The van der Waals surface area contributed by atoms with Crippen LogP contribution < -0.4 is 16.4 Å². The molecule has 1 aromatic rings. The molecule has 142 valence electrons. The van der Waals surface area contributed by atoms with Gasteiger partial charge in [0.05, 0.1) is 0 Å². The molecule has 6 nitrogen and oxygen atoms in total. The minimum atomic E-state index is -0.903. The highest BCUT2D eigenvalue weighted by atomic mass is 19.1. The van der Waals surface area contributed by atoms with Gasteiger partial charge >= 0.3 is 0 Å². The lowest BCUT2D eigenvalue weighted by Gasteiger charge is -2.30. The van der Waals surface area contributed by atoms with E-state index in [2.05, 4.69) is 10.6 Å². The molecule has 4 N–H and O–H groups in total. The van der Waals surface area contributed by atoms with Gasteiger partial charge in [-0.15, -0.1) is 0 Å². The van der Waals surface area contributed by atoms with Crippen molar-refractivity contribution >= 4 is 17.7 Å². The maximum absolute atomic E-state index is 13.4. The van der Waals surface area contributed by atoms with Crippen LogP contribution in [0.5, 0.6) is 0 Å². The quantitative estimate of drug-likeness (QED) is 0.683. The van der Waals surface area contributed by atoms with Gasteiger partial charge in [0, 0.05) is 13.3 Å². The molecular formula is C19H26FN3O3. The Hall–Kier alpha value is -2.44. The molecule has 0 heterocycles. The van der Waals surface area contributed by atoms with Crippen LogP contribution in [0.2, 0.25) is 0 Å². The Bertz CT molecular complexity index is 659. The van der Waals surface area contributed by atoms with Crippen LogP contribution in [0.25, 0.3) is 0 Å². The highest BCUT2D eigenvalue weighted by Gasteiger charge is 2.31. The van der Waals surface area contributed by atoms with E-state index in [1.54, 1.807) is 12.1 Å². The van der Waals surface area contributed by atoms with Crippen LogP contribution in [0.15, 0.2) is 24.3 Å². The highest BCUT2D eigenvalue weighted by Crippen LogP contribution is 2.26. The van der Waals surface area contributed by atoms with Crippen molar-refractivity contribution in [3.05, 3.63) is 35.6 Å². The summed E-state index contributed by atoms with van der Waals surface area (Å²) in [5.74, 6) is -1.84. The number of hydrogen-bond acceptors (Lipinski definition) is 3. The lowest BCUT2D eigenvalue weighted by Crippen LogP contribution is -2.56. The summed E-state index contributed by atoms with van der Waals surface area (Å²) in [5, 5.41) is 5.27. The van der Waals surface area contributed by atoms with Gasteiger partial charge in [-0.05, 0) is 36.5 Å². The number of carbonyl (C=O) groups is 3. The van der Waals surface area contributed by atoms with Crippen LogP contribution in [-0.4, -0.2) is 29.8 Å². The Kier molecular flexibility index (Phi) is 7.12. The molecule has 26 heavy (non-hydrogen) atoms. The molecule has 0 saturated heterocycles. The van der Waals surface area contributed by atoms with Gasteiger partial charge in [0.15, 0.2) is 0 Å². The van der Waals surface area contributed by atoms with Crippen LogP contribution in [0.3, 0.4) is 0 Å². The van der Waals surface area contributed by atoms with E-state index in [-0.39, 0.29) is 18.2 Å². The van der Waals surface area contributed by atoms with Gasteiger partial charge in [-0.3, -0.25) is 14.4 Å². The smallest absolute Gasteiger partial charge is 0.243 e. The van der Waals surface area contributed by atoms with E-state index in [1.165, 1.54) is 19.1 Å². The fraction of sp³-hybridized carbons (Fsp3) is 0.526. The maximum atomic E-state index is 13.4. The normalized spacial score (nSPS) is 17.2. The van der Waals surface area contributed by atoms with Crippen molar-refractivity contribution in [2.24, 2.45) is 11.7 Å². The van der Waals surface area contributed by atoms with Gasteiger partial charge in [0.1, 0.15) is 17.9 Å². The predicted octanol–water partition coefficient (Wildman–Crippen LogP) is 1.42. The zero-order chi connectivity index (χ0) is 19.1. The molecular weight excluding hydrogens is 337 g/mol. The molecule has 1 aliphatic rings. The molecule has 0 aliphatic heterocycles. The van der Waals surface area contributed by atoms with Crippen molar-refractivity contribution in [3.63, 3.8) is 0 Å². The molecule has 1 aliphatic carbocycles. The number of amides is 3. The number of halogens is 1. The van der Waals surface area contributed by atoms with E-state index in [1.807, 2.05) is 0 Å². The standard InChI is InChI=1S/C19H26FN3O3/c1-12(24)22-16(11-13-6-5-9-15(20)10-13)19(26)23-17(18(21)25)14-7-3-2-4-8-14/h5-6,9-10,14,16-17H,2-4,7-8,11H2,1H3,(H2,21,25)(H,22,24)(H,23,26)/t16-,17+/m1/s1. The zero-order valence-electron chi connectivity index (χ0n) is 15.0. The first-order valence-electron chi connectivity index (χ1n) is 8.98. The number of carbonyl (C=O) groups excluding carboxylic acids is 3. The number of hydrogen-bond donors (Lipinski definition) is 3. The molecule has 3 amide bonds. The SMILES string of the molecule is CC(=O)N[C@H](Cc1cccc(F)c1)C(=O)N[C@H](C(N)=O)C1CCCCC1. The van der Waals surface area contributed by atoms with Gasteiger partial charge in [-0.2, -0.15) is 0 Å². The van der Waals surface area contributed by atoms with E-state index < -0.39 is 29.7 Å².